The summed E-state index contributed by atoms with van der Waals surface area (Å²) in [7, 11) is -4.08. The van der Waals surface area contributed by atoms with Crippen LogP contribution in [-0.2, 0) is 29.5 Å². The van der Waals surface area contributed by atoms with Gasteiger partial charge < -0.3 is 4.98 Å². The highest BCUT2D eigenvalue weighted by Crippen LogP contribution is 2.21. The molecule has 0 saturated heterocycles. The molecule has 2 N–H and O–H groups in total. The van der Waals surface area contributed by atoms with Crippen LogP contribution in [0.25, 0.3) is 11.2 Å². The lowest BCUT2D eigenvalue weighted by atomic mass is 10.1. The number of benzene rings is 3. The number of halogens is 1. The van der Waals surface area contributed by atoms with Crippen molar-refractivity contribution in [2.24, 2.45) is 0 Å². The molecule has 0 saturated carbocycles. The monoisotopic (exact) mass is 606 g/mol. The van der Waals surface area contributed by atoms with E-state index in [0.717, 1.165) is 22.6 Å². The Morgan fingerprint density at radius 2 is 1.77 bits per heavy atom. The van der Waals surface area contributed by atoms with Gasteiger partial charge >= 0.3 is 5.69 Å². The zero-order valence-corrected chi connectivity index (χ0v) is 23.8. The Labute approximate surface area is 244 Å². The molecular weight excluding hydrogens is 579 g/mol. The van der Waals surface area contributed by atoms with Gasteiger partial charge in [-0.2, -0.15) is 0 Å². The Hall–Kier alpha value is -5.11. The number of imidazole rings is 1. The van der Waals surface area contributed by atoms with Gasteiger partial charge in [-0.05, 0) is 36.2 Å². The van der Waals surface area contributed by atoms with Gasteiger partial charge in [0.25, 0.3) is 21.3 Å². The van der Waals surface area contributed by atoms with Crippen LogP contribution in [0.15, 0.2) is 87.3 Å². The first-order valence-electron chi connectivity index (χ1n) is 13.4. The summed E-state index contributed by atoms with van der Waals surface area (Å²) >= 11 is 0. The number of unbranched alkanes of at least 4 members (excludes halogenated alkanes) is 1. The van der Waals surface area contributed by atoms with Gasteiger partial charge in [-0.25, -0.2) is 22.6 Å². The number of sulfonamides is 1. The Morgan fingerprint density at radius 1 is 1.02 bits per heavy atom. The molecule has 0 fully saturated rings. The summed E-state index contributed by atoms with van der Waals surface area (Å²) in [6.07, 6.45) is 1.71. The minimum atomic E-state index is -4.08. The van der Waals surface area contributed by atoms with Crippen LogP contribution >= 0.6 is 0 Å². The number of H-pyrrole nitrogens is 1. The van der Waals surface area contributed by atoms with Gasteiger partial charge in [-0.15, -0.1) is 0 Å². The second-order valence-electron chi connectivity index (χ2n) is 9.89. The summed E-state index contributed by atoms with van der Waals surface area (Å²) in [5.41, 5.74) is -0.00999. The molecule has 5 aromatic rings. The zero-order valence-electron chi connectivity index (χ0n) is 23.0. The van der Waals surface area contributed by atoms with Crippen molar-refractivity contribution in [3.63, 3.8) is 0 Å². The lowest BCUT2D eigenvalue weighted by Crippen LogP contribution is -2.40. The van der Waals surface area contributed by atoms with Crippen molar-refractivity contribution in [2.75, 3.05) is 4.72 Å². The number of anilines is 1. The van der Waals surface area contributed by atoms with Crippen LogP contribution in [0.3, 0.4) is 0 Å². The van der Waals surface area contributed by atoms with Crippen molar-refractivity contribution in [3.05, 3.63) is 127 Å². The lowest BCUT2D eigenvalue weighted by molar-refractivity contribution is -0.385. The van der Waals surface area contributed by atoms with Gasteiger partial charge in [-0.3, -0.25) is 28.8 Å². The minimum Gasteiger partial charge on any atom is -0.336 e. The van der Waals surface area contributed by atoms with Crippen molar-refractivity contribution in [1.82, 2.24) is 19.1 Å². The molecule has 12 nitrogen and oxygen atoms in total. The van der Waals surface area contributed by atoms with Gasteiger partial charge in [0.2, 0.25) is 0 Å². The Balaban J connectivity index is 1.42. The molecule has 0 unspecified atom stereocenters. The fourth-order valence-corrected chi connectivity index (χ4v) is 5.71. The number of rotatable bonds is 11. The number of hydrogen-bond acceptors (Lipinski definition) is 7. The third-order valence-electron chi connectivity index (χ3n) is 6.85. The number of nitro groups is 1. The van der Waals surface area contributed by atoms with Crippen molar-refractivity contribution in [2.45, 2.75) is 44.2 Å². The van der Waals surface area contributed by atoms with Crippen LogP contribution < -0.4 is 16.0 Å². The summed E-state index contributed by atoms with van der Waals surface area (Å²) in [6.45, 7) is 2.07. The molecule has 5 rings (SSSR count). The van der Waals surface area contributed by atoms with E-state index in [1.54, 1.807) is 18.2 Å². The van der Waals surface area contributed by atoms with Crippen LogP contribution in [0, 0.1) is 15.9 Å². The van der Waals surface area contributed by atoms with E-state index in [4.69, 9.17) is 0 Å². The number of aryl methyl sites for hydroxylation is 1. The van der Waals surface area contributed by atoms with Crippen LogP contribution in [0.5, 0.6) is 0 Å². The van der Waals surface area contributed by atoms with Gasteiger partial charge in [-0.1, -0.05) is 49.7 Å². The van der Waals surface area contributed by atoms with E-state index in [2.05, 4.69) is 14.7 Å². The van der Waals surface area contributed by atoms with E-state index in [0.29, 0.717) is 18.8 Å². The summed E-state index contributed by atoms with van der Waals surface area (Å²) in [5, 5.41) is 11.0. The molecule has 0 bridgehead atoms. The maximum atomic E-state index is 14.3. The predicted molar refractivity (Wildman–Crippen MR) is 158 cm³/mol. The Morgan fingerprint density at radius 3 is 2.47 bits per heavy atom. The van der Waals surface area contributed by atoms with Crippen LogP contribution in [0.2, 0.25) is 0 Å². The molecule has 0 aliphatic rings. The number of hydrogen-bond donors (Lipinski definition) is 2. The largest absolute Gasteiger partial charge is 0.336 e. The third kappa shape index (κ3) is 6.23. The molecule has 2 aromatic heterocycles. The number of aromatic amines is 1. The first-order chi connectivity index (χ1) is 20.6. The average molecular weight is 607 g/mol. The Bertz CT molecular complexity index is 2050. The fourth-order valence-electron chi connectivity index (χ4n) is 4.61. The number of nitrogens with zero attached hydrogens (tertiary/aromatic N) is 4. The predicted octanol–water partition coefficient (Wildman–Crippen LogP) is 4.17. The maximum Gasteiger partial charge on any atom is 0.333 e. The highest BCUT2D eigenvalue weighted by atomic mass is 32.2. The average Bonchev–Trinajstić information content (AvgIpc) is 3.41. The van der Waals surface area contributed by atoms with Crippen molar-refractivity contribution >= 4 is 32.6 Å². The number of nitrogens with one attached hydrogen (secondary N) is 2. The van der Waals surface area contributed by atoms with E-state index in [1.807, 2.05) is 6.92 Å². The van der Waals surface area contributed by atoms with Crippen LogP contribution in [0.1, 0.15) is 36.7 Å². The molecule has 0 aliphatic heterocycles. The topological polar surface area (TPSA) is 162 Å². The van der Waals surface area contributed by atoms with Crippen LogP contribution in [-0.4, -0.2) is 32.4 Å². The van der Waals surface area contributed by atoms with Crippen molar-refractivity contribution in [1.29, 1.82) is 0 Å². The third-order valence-corrected chi connectivity index (χ3v) is 8.23. The summed E-state index contributed by atoms with van der Waals surface area (Å²) < 4.78 is 44.7. The molecule has 0 aliphatic carbocycles. The summed E-state index contributed by atoms with van der Waals surface area (Å²) in [4.78, 5) is 44.4. The number of aromatic nitrogens is 4. The van der Waals surface area contributed by atoms with Crippen LogP contribution in [0.4, 0.5) is 15.8 Å². The van der Waals surface area contributed by atoms with Gasteiger partial charge in [0, 0.05) is 36.3 Å². The lowest BCUT2D eigenvalue weighted by Gasteiger charge is -2.11. The zero-order chi connectivity index (χ0) is 30.7. The highest BCUT2D eigenvalue weighted by Gasteiger charge is 2.20. The molecule has 222 valence electrons. The first kappa shape index (κ1) is 29.4. The molecule has 43 heavy (non-hydrogen) atoms. The second kappa shape index (κ2) is 12.0. The fraction of sp³-hybridized carbons (Fsp3) is 0.207. The summed E-state index contributed by atoms with van der Waals surface area (Å²) in [6, 6.07) is 17.1. The van der Waals surface area contributed by atoms with E-state index < -0.39 is 32.0 Å². The van der Waals surface area contributed by atoms with Gasteiger partial charge in [0.1, 0.15) is 17.2 Å². The number of non-ortho nitro benzene ring substituents is 1. The molecule has 0 atom stereocenters. The van der Waals surface area contributed by atoms with Gasteiger partial charge in [0.15, 0.2) is 5.65 Å². The molecular formula is C29H27FN6O6S. The second-order valence-corrected chi connectivity index (χ2v) is 11.6. The quantitative estimate of drug-likeness (QED) is 0.168. The van der Waals surface area contributed by atoms with E-state index >= 15 is 0 Å². The standard InChI is InChI=1S/C29H27FN6O6S/c1-2-3-15-34-27-26(28(37)35(29(34)38)18-20-7-4-5-10-24(20)30)31-25(32-27)16-19-11-13-21(14-12-19)33-43(41,42)23-9-6-8-22(17-23)36(39)40/h4-14,17,33H,2-3,15-16,18H2,1H3,(H,31,32). The molecule has 0 spiro atoms. The normalized spacial score (nSPS) is 11.6. The SMILES string of the molecule is CCCCn1c(=O)n(Cc2ccccc2F)c(=O)c2[nH]c(Cc3ccc(NS(=O)(=O)c4cccc([N+](=O)[O-])c4)cc3)nc21. The number of fused-ring (bicyclic) bond motifs is 1. The molecule has 14 heteroatoms. The first-order valence-corrected chi connectivity index (χ1v) is 14.9. The minimum absolute atomic E-state index is 0.128. The molecule has 3 aromatic carbocycles. The van der Waals surface area contributed by atoms with Crippen molar-refractivity contribution < 1.29 is 17.7 Å². The molecule has 2 heterocycles. The van der Waals surface area contributed by atoms with Crippen molar-refractivity contribution in [3.8, 4) is 0 Å². The van der Waals surface area contributed by atoms with E-state index in [9.17, 15) is 32.5 Å². The molecule has 0 amide bonds. The van der Waals surface area contributed by atoms with Gasteiger partial charge in [0.05, 0.1) is 16.4 Å². The molecule has 0 radical (unpaired) electrons. The smallest absolute Gasteiger partial charge is 0.333 e. The number of nitro benzene ring substituents is 1. The van der Waals surface area contributed by atoms with E-state index in [-0.39, 0.29) is 46.0 Å². The maximum absolute atomic E-state index is 14.3. The Kier molecular flexibility index (Phi) is 8.21. The van der Waals surface area contributed by atoms with E-state index in [1.165, 1.54) is 53.1 Å². The highest BCUT2D eigenvalue weighted by molar-refractivity contribution is 7.92. The summed E-state index contributed by atoms with van der Waals surface area (Å²) in [5.74, 6) is -0.111.